The largest absolute Gasteiger partial charge is 0.508 e. The lowest BCUT2D eigenvalue weighted by atomic mass is 9.79. The van der Waals surface area contributed by atoms with Gasteiger partial charge >= 0.3 is 0 Å². The number of phenols is 2. The molecule has 0 radical (unpaired) electrons. The number of anilines is 1. The fraction of sp³-hybridized carbons (Fsp3) is 0.471. The van der Waals surface area contributed by atoms with Gasteiger partial charge in [0.15, 0.2) is 0 Å². The number of hydrogen-bond acceptors (Lipinski definition) is 5. The van der Waals surface area contributed by atoms with Gasteiger partial charge in [0, 0.05) is 31.4 Å². The Labute approximate surface area is 233 Å². The summed E-state index contributed by atoms with van der Waals surface area (Å²) in [5.41, 5.74) is 6.34. The Bertz CT molecular complexity index is 1250. The number of hydrogen-bond donors (Lipinski definition) is 2. The first-order valence-corrected chi connectivity index (χ1v) is 14.9. The highest BCUT2D eigenvalue weighted by Crippen LogP contribution is 2.41. The molecule has 206 valence electrons. The summed E-state index contributed by atoms with van der Waals surface area (Å²) in [6, 6.07) is 20.4. The van der Waals surface area contributed by atoms with Crippen molar-refractivity contribution in [3.8, 4) is 17.2 Å². The van der Waals surface area contributed by atoms with Crippen molar-refractivity contribution < 1.29 is 14.9 Å². The molecule has 5 heteroatoms. The van der Waals surface area contributed by atoms with Gasteiger partial charge in [0.05, 0.1) is 0 Å². The van der Waals surface area contributed by atoms with Gasteiger partial charge in [-0.3, -0.25) is 4.90 Å². The van der Waals surface area contributed by atoms with Gasteiger partial charge < -0.3 is 19.8 Å². The topological polar surface area (TPSA) is 56.2 Å². The first-order chi connectivity index (χ1) is 19.1. The van der Waals surface area contributed by atoms with Gasteiger partial charge in [0.2, 0.25) is 0 Å². The lowest BCUT2D eigenvalue weighted by Gasteiger charge is -2.32. The number of piperidine rings is 1. The molecule has 3 aliphatic rings. The molecule has 6 rings (SSSR count). The Morgan fingerprint density at radius 3 is 2.38 bits per heavy atom. The Hall–Kier alpha value is -3.18. The molecule has 1 heterocycles. The van der Waals surface area contributed by atoms with Crippen LogP contribution in [0.25, 0.3) is 0 Å². The second kappa shape index (κ2) is 11.9. The average Bonchev–Trinajstić information content (AvgIpc) is 3.78. The zero-order valence-corrected chi connectivity index (χ0v) is 23.0. The number of likely N-dealkylation sites (tertiary alicyclic amines) is 1. The van der Waals surface area contributed by atoms with Crippen molar-refractivity contribution in [2.45, 2.75) is 63.8 Å². The van der Waals surface area contributed by atoms with Gasteiger partial charge in [-0.05, 0) is 122 Å². The van der Waals surface area contributed by atoms with Gasteiger partial charge in [-0.2, -0.15) is 0 Å². The molecule has 1 saturated carbocycles. The third kappa shape index (κ3) is 6.70. The van der Waals surface area contributed by atoms with Crippen molar-refractivity contribution >= 4 is 5.69 Å². The van der Waals surface area contributed by atoms with Crippen LogP contribution in [0, 0.1) is 5.92 Å². The van der Waals surface area contributed by atoms with Crippen LogP contribution in [-0.2, 0) is 19.4 Å². The van der Waals surface area contributed by atoms with Gasteiger partial charge in [0.1, 0.15) is 23.9 Å². The average molecular weight is 527 g/mol. The molecular formula is C34H42N2O3. The van der Waals surface area contributed by atoms with Crippen LogP contribution in [0.2, 0.25) is 0 Å². The summed E-state index contributed by atoms with van der Waals surface area (Å²) in [4.78, 5) is 5.00. The predicted octanol–water partition coefficient (Wildman–Crippen LogP) is 6.65. The normalized spacial score (nSPS) is 19.4. The van der Waals surface area contributed by atoms with Gasteiger partial charge in [-0.15, -0.1) is 0 Å². The number of ether oxygens (including phenoxy) is 1. The minimum Gasteiger partial charge on any atom is -0.508 e. The molecule has 1 atom stereocenters. The number of benzene rings is 3. The molecular weight excluding hydrogens is 484 g/mol. The van der Waals surface area contributed by atoms with E-state index in [1.54, 1.807) is 6.07 Å². The third-order valence-electron chi connectivity index (χ3n) is 8.81. The van der Waals surface area contributed by atoms with Crippen molar-refractivity contribution in [3.63, 3.8) is 0 Å². The number of phenolic OH excluding ortho intramolecular Hbond substituents is 2. The van der Waals surface area contributed by atoms with E-state index in [4.69, 9.17) is 4.74 Å². The maximum atomic E-state index is 10.5. The molecule has 3 aromatic rings. The third-order valence-corrected chi connectivity index (χ3v) is 8.81. The highest BCUT2D eigenvalue weighted by Gasteiger charge is 2.29. The number of aryl methyl sites for hydroxylation is 1. The van der Waals surface area contributed by atoms with E-state index in [1.807, 2.05) is 18.2 Å². The Balaban J connectivity index is 1.16. The van der Waals surface area contributed by atoms with E-state index in [0.717, 1.165) is 62.9 Å². The molecule has 5 nitrogen and oxygen atoms in total. The second-order valence-corrected chi connectivity index (χ2v) is 11.9. The Kier molecular flexibility index (Phi) is 7.96. The number of aromatic hydroxyl groups is 2. The Morgan fingerprint density at radius 2 is 1.59 bits per heavy atom. The van der Waals surface area contributed by atoms with Crippen molar-refractivity contribution in [1.82, 2.24) is 4.90 Å². The lowest BCUT2D eigenvalue weighted by Crippen LogP contribution is -2.33. The van der Waals surface area contributed by atoms with Crippen LogP contribution in [0.15, 0.2) is 60.7 Å². The molecule has 0 aromatic heterocycles. The van der Waals surface area contributed by atoms with E-state index in [2.05, 4.69) is 46.2 Å². The summed E-state index contributed by atoms with van der Waals surface area (Å²) < 4.78 is 6.07. The first kappa shape index (κ1) is 26.1. The van der Waals surface area contributed by atoms with E-state index in [0.29, 0.717) is 17.4 Å². The monoisotopic (exact) mass is 526 g/mol. The highest BCUT2D eigenvalue weighted by atomic mass is 16.5. The number of rotatable bonds is 10. The summed E-state index contributed by atoms with van der Waals surface area (Å²) in [5, 5.41) is 20.4. The molecule has 3 aromatic carbocycles. The van der Waals surface area contributed by atoms with Crippen molar-refractivity contribution in [3.05, 3.63) is 82.9 Å². The maximum Gasteiger partial charge on any atom is 0.119 e. The van der Waals surface area contributed by atoms with Crippen LogP contribution >= 0.6 is 0 Å². The minimum absolute atomic E-state index is 0.327. The van der Waals surface area contributed by atoms with Crippen LogP contribution in [0.4, 0.5) is 5.69 Å². The van der Waals surface area contributed by atoms with Crippen LogP contribution < -0.4 is 9.64 Å². The maximum absolute atomic E-state index is 10.5. The fourth-order valence-corrected chi connectivity index (χ4v) is 6.41. The fourth-order valence-electron chi connectivity index (χ4n) is 6.41. The standard InChI is InChI=1S/C34H42N2O3/c37-30-11-10-27-20-29(9-8-28(27)21-30)33-15-12-31(38)22-34(33)36(23-25-4-5-25)24-26-6-13-32(14-7-26)39-19-18-35-16-2-1-3-17-35/h6-7,10-15,21-22,25,29,37-38H,1-5,8-9,16-20,23-24H2. The van der Waals surface area contributed by atoms with E-state index in [9.17, 15) is 10.2 Å². The molecule has 2 fully saturated rings. The Morgan fingerprint density at radius 1 is 0.821 bits per heavy atom. The quantitative estimate of drug-likeness (QED) is 0.310. The smallest absolute Gasteiger partial charge is 0.119 e. The molecule has 1 saturated heterocycles. The van der Waals surface area contributed by atoms with Crippen LogP contribution in [0.5, 0.6) is 17.2 Å². The zero-order valence-electron chi connectivity index (χ0n) is 23.0. The van der Waals surface area contributed by atoms with Crippen LogP contribution in [0.3, 0.4) is 0 Å². The molecule has 0 amide bonds. The zero-order chi connectivity index (χ0) is 26.6. The SMILES string of the molecule is Oc1ccc2c(c1)CCC(c1ccc(O)cc1N(Cc1ccc(OCCN3CCCCC3)cc1)CC1CC1)C2. The van der Waals surface area contributed by atoms with Gasteiger partial charge in [0.25, 0.3) is 0 Å². The summed E-state index contributed by atoms with van der Waals surface area (Å²) >= 11 is 0. The van der Waals surface area contributed by atoms with E-state index in [1.165, 1.54) is 67.4 Å². The first-order valence-electron chi connectivity index (χ1n) is 14.9. The minimum atomic E-state index is 0.327. The second-order valence-electron chi connectivity index (χ2n) is 11.9. The highest BCUT2D eigenvalue weighted by molar-refractivity contribution is 5.60. The molecule has 1 unspecified atom stereocenters. The van der Waals surface area contributed by atoms with E-state index in [-0.39, 0.29) is 0 Å². The van der Waals surface area contributed by atoms with E-state index >= 15 is 0 Å². The van der Waals surface area contributed by atoms with Crippen LogP contribution in [0.1, 0.15) is 66.7 Å². The van der Waals surface area contributed by atoms with Crippen molar-refractivity contribution in [1.29, 1.82) is 0 Å². The summed E-state index contributed by atoms with van der Waals surface area (Å²) in [5.74, 6) is 2.75. The molecule has 2 aliphatic carbocycles. The van der Waals surface area contributed by atoms with Crippen molar-refractivity contribution in [2.75, 3.05) is 37.7 Å². The molecule has 0 bridgehead atoms. The number of nitrogens with zero attached hydrogens (tertiary/aromatic N) is 2. The lowest BCUT2D eigenvalue weighted by molar-refractivity contribution is 0.183. The summed E-state index contributed by atoms with van der Waals surface area (Å²) in [6.07, 6.45) is 9.54. The van der Waals surface area contributed by atoms with Crippen molar-refractivity contribution in [2.24, 2.45) is 5.92 Å². The molecule has 2 N–H and O–H groups in total. The van der Waals surface area contributed by atoms with Gasteiger partial charge in [-0.25, -0.2) is 0 Å². The molecule has 0 spiro atoms. The predicted molar refractivity (Wildman–Crippen MR) is 157 cm³/mol. The van der Waals surface area contributed by atoms with Gasteiger partial charge in [-0.1, -0.05) is 30.7 Å². The van der Waals surface area contributed by atoms with E-state index < -0.39 is 0 Å². The molecule has 1 aliphatic heterocycles. The number of fused-ring (bicyclic) bond motifs is 1. The van der Waals surface area contributed by atoms with Crippen LogP contribution in [-0.4, -0.2) is 47.9 Å². The summed E-state index contributed by atoms with van der Waals surface area (Å²) in [7, 11) is 0. The molecule has 39 heavy (non-hydrogen) atoms. The summed E-state index contributed by atoms with van der Waals surface area (Å²) in [6.45, 7) is 5.98.